The number of benzene rings is 4. The lowest BCUT2D eigenvalue weighted by Gasteiger charge is -2.19. The van der Waals surface area contributed by atoms with Crippen molar-refractivity contribution in [2.45, 2.75) is 45.8 Å². The minimum atomic E-state index is -0.0587. The molecule has 4 N–H and O–H groups in total. The van der Waals surface area contributed by atoms with Crippen LogP contribution in [-0.4, -0.2) is 25.0 Å². The average Bonchev–Trinajstić information content (AvgIpc) is 3.46. The monoisotopic (exact) mass is 545 g/mol. The molecule has 41 heavy (non-hydrogen) atoms. The minimum absolute atomic E-state index is 0.0587. The van der Waals surface area contributed by atoms with Gasteiger partial charge in [0.1, 0.15) is 6.23 Å². The molecule has 1 aromatic heterocycles. The molecule has 210 valence electrons. The Labute approximate surface area is 242 Å². The molecule has 0 amide bonds. The average molecular weight is 546 g/mol. The van der Waals surface area contributed by atoms with E-state index < -0.39 is 0 Å². The maximum atomic E-state index is 12.6. The number of carbonyl (C=O) groups excluding carboxylic acids is 1. The number of hydrogen-bond acceptors (Lipinski definition) is 4. The number of rotatable bonds is 3. The fourth-order valence-corrected chi connectivity index (χ4v) is 6.66. The molecule has 2 atom stereocenters. The van der Waals surface area contributed by atoms with Crippen molar-refractivity contribution in [2.75, 3.05) is 19.9 Å². The van der Waals surface area contributed by atoms with E-state index in [2.05, 4.69) is 65.8 Å². The van der Waals surface area contributed by atoms with Crippen LogP contribution in [0, 0.1) is 6.92 Å². The highest BCUT2D eigenvalue weighted by molar-refractivity contribution is 6.17. The molecule has 5 aromatic rings. The number of ether oxygens (including phenoxy) is 1. The SMILES string of the molecule is C/C=C\C.CN.COC1CCC2c3ccccc3-c3c(C=O)c(C)c4c5cc(-c6cccc(N)c6)ccc5n1c4c32. The maximum absolute atomic E-state index is 12.6. The summed E-state index contributed by atoms with van der Waals surface area (Å²) in [4.78, 5) is 12.6. The molecule has 0 radical (unpaired) electrons. The molecular formula is C36H39N3O2. The second-order valence-electron chi connectivity index (χ2n) is 10.5. The van der Waals surface area contributed by atoms with Crippen molar-refractivity contribution in [2.24, 2.45) is 5.73 Å². The first-order valence-corrected chi connectivity index (χ1v) is 14.3. The van der Waals surface area contributed by atoms with E-state index in [9.17, 15) is 4.79 Å². The third-order valence-corrected chi connectivity index (χ3v) is 8.46. The van der Waals surface area contributed by atoms with Crippen molar-refractivity contribution in [1.82, 2.24) is 4.57 Å². The Morgan fingerprint density at radius 1 is 0.927 bits per heavy atom. The van der Waals surface area contributed by atoms with E-state index in [-0.39, 0.29) is 12.1 Å². The summed E-state index contributed by atoms with van der Waals surface area (Å²) in [6.45, 7) is 6.10. The number of aromatic nitrogens is 1. The van der Waals surface area contributed by atoms with Gasteiger partial charge in [-0.2, -0.15) is 0 Å². The topological polar surface area (TPSA) is 83.3 Å². The summed E-state index contributed by atoms with van der Waals surface area (Å²) in [5.41, 5.74) is 22.7. The van der Waals surface area contributed by atoms with Gasteiger partial charge in [-0.1, -0.05) is 54.6 Å². The van der Waals surface area contributed by atoms with Crippen molar-refractivity contribution in [3.63, 3.8) is 0 Å². The van der Waals surface area contributed by atoms with Crippen molar-refractivity contribution in [3.8, 4) is 22.3 Å². The molecule has 0 fully saturated rings. The lowest BCUT2D eigenvalue weighted by Crippen LogP contribution is -2.10. The second-order valence-corrected chi connectivity index (χ2v) is 10.5. The van der Waals surface area contributed by atoms with Gasteiger partial charge in [-0.3, -0.25) is 4.79 Å². The van der Waals surface area contributed by atoms with E-state index in [4.69, 9.17) is 10.5 Å². The quantitative estimate of drug-likeness (QED) is 0.135. The summed E-state index contributed by atoms with van der Waals surface area (Å²) in [5, 5.41) is 2.32. The number of carbonyl (C=O) groups is 1. The summed E-state index contributed by atoms with van der Waals surface area (Å²) in [6.07, 6.45) is 6.90. The van der Waals surface area contributed by atoms with Crippen LogP contribution in [0.15, 0.2) is 78.9 Å². The van der Waals surface area contributed by atoms with Crippen LogP contribution in [0.5, 0.6) is 0 Å². The first-order chi connectivity index (χ1) is 20.0. The minimum Gasteiger partial charge on any atom is -0.399 e. The molecule has 0 bridgehead atoms. The molecule has 0 saturated heterocycles. The summed E-state index contributed by atoms with van der Waals surface area (Å²) in [6, 6.07) is 23.2. The fraction of sp³-hybridized carbons (Fsp3) is 0.250. The molecule has 0 spiro atoms. The van der Waals surface area contributed by atoms with E-state index in [1.807, 2.05) is 44.2 Å². The number of fused-ring (bicyclic) bond motifs is 6. The van der Waals surface area contributed by atoms with Gasteiger partial charge in [-0.25, -0.2) is 0 Å². The number of aldehydes is 1. The number of methoxy groups -OCH3 is 1. The Bertz CT molecular complexity index is 1780. The zero-order valence-electron chi connectivity index (χ0n) is 24.6. The van der Waals surface area contributed by atoms with Gasteiger partial charge in [-0.15, -0.1) is 0 Å². The zero-order chi connectivity index (χ0) is 29.3. The number of nitrogen functional groups attached to an aromatic ring is 1. The van der Waals surface area contributed by atoms with E-state index in [0.29, 0.717) is 0 Å². The molecule has 2 unspecified atom stereocenters. The van der Waals surface area contributed by atoms with E-state index in [1.165, 1.54) is 29.3 Å². The van der Waals surface area contributed by atoms with Gasteiger partial charge in [-0.05, 0) is 104 Å². The van der Waals surface area contributed by atoms with Gasteiger partial charge in [0.2, 0.25) is 0 Å². The lowest BCUT2D eigenvalue weighted by atomic mass is 9.88. The van der Waals surface area contributed by atoms with Crippen molar-refractivity contribution < 1.29 is 9.53 Å². The van der Waals surface area contributed by atoms with Gasteiger partial charge in [0.25, 0.3) is 0 Å². The fourth-order valence-electron chi connectivity index (χ4n) is 6.66. The molecular weight excluding hydrogens is 506 g/mol. The smallest absolute Gasteiger partial charge is 0.150 e. The zero-order valence-corrected chi connectivity index (χ0v) is 24.6. The van der Waals surface area contributed by atoms with E-state index in [1.54, 1.807) is 7.11 Å². The largest absolute Gasteiger partial charge is 0.399 e. The predicted octanol–water partition coefficient (Wildman–Crippen LogP) is 8.37. The van der Waals surface area contributed by atoms with Gasteiger partial charge in [0.05, 0.1) is 11.0 Å². The Balaban J connectivity index is 0.000000521. The van der Waals surface area contributed by atoms with Crippen LogP contribution in [0.1, 0.15) is 65.9 Å². The van der Waals surface area contributed by atoms with Gasteiger partial charge in [0, 0.05) is 35.1 Å². The second kappa shape index (κ2) is 11.7. The normalized spacial score (nSPS) is 16.5. The lowest BCUT2D eigenvalue weighted by molar-refractivity contribution is 0.0431. The number of nitrogens with zero attached hydrogens (tertiary/aromatic N) is 1. The number of allylic oxidation sites excluding steroid dienone is 2. The molecule has 5 nitrogen and oxygen atoms in total. The van der Waals surface area contributed by atoms with Crippen LogP contribution in [0.3, 0.4) is 0 Å². The summed E-state index contributed by atoms with van der Waals surface area (Å²) in [5.74, 6) is 0.264. The Hall–Kier alpha value is -4.19. The molecule has 1 aliphatic heterocycles. The van der Waals surface area contributed by atoms with Crippen LogP contribution < -0.4 is 11.5 Å². The summed E-state index contributed by atoms with van der Waals surface area (Å²) >= 11 is 0. The number of anilines is 1. The van der Waals surface area contributed by atoms with Gasteiger partial charge < -0.3 is 20.8 Å². The predicted molar refractivity (Wildman–Crippen MR) is 173 cm³/mol. The van der Waals surface area contributed by atoms with Crippen molar-refractivity contribution in [1.29, 1.82) is 0 Å². The highest BCUT2D eigenvalue weighted by Crippen LogP contribution is 2.56. The molecule has 1 aliphatic carbocycles. The molecule has 2 aliphatic rings. The van der Waals surface area contributed by atoms with Crippen LogP contribution in [0.4, 0.5) is 5.69 Å². The van der Waals surface area contributed by atoms with Crippen LogP contribution in [0.25, 0.3) is 44.1 Å². The first-order valence-electron chi connectivity index (χ1n) is 14.3. The van der Waals surface area contributed by atoms with Gasteiger partial charge >= 0.3 is 0 Å². The maximum Gasteiger partial charge on any atom is 0.150 e. The summed E-state index contributed by atoms with van der Waals surface area (Å²) in [7, 11) is 3.30. The highest BCUT2D eigenvalue weighted by Gasteiger charge is 2.38. The molecule has 5 heteroatoms. The number of hydrogen-bond donors (Lipinski definition) is 2. The van der Waals surface area contributed by atoms with E-state index in [0.717, 1.165) is 68.9 Å². The van der Waals surface area contributed by atoms with Crippen LogP contribution >= 0.6 is 0 Å². The van der Waals surface area contributed by atoms with Gasteiger partial charge in [0.15, 0.2) is 6.29 Å². The molecule has 2 heterocycles. The highest BCUT2D eigenvalue weighted by atomic mass is 16.5. The van der Waals surface area contributed by atoms with Crippen LogP contribution in [-0.2, 0) is 4.74 Å². The van der Waals surface area contributed by atoms with Crippen molar-refractivity contribution >= 4 is 33.8 Å². The number of aryl methyl sites for hydroxylation is 1. The molecule has 7 rings (SSSR count). The Kier molecular flexibility index (Phi) is 8.11. The molecule has 4 aromatic carbocycles. The Morgan fingerprint density at radius 3 is 2.34 bits per heavy atom. The van der Waals surface area contributed by atoms with E-state index >= 15 is 0 Å². The molecule has 0 saturated carbocycles. The first kappa shape index (κ1) is 28.3. The third kappa shape index (κ3) is 4.46. The van der Waals surface area contributed by atoms with Crippen molar-refractivity contribution in [3.05, 3.63) is 101 Å². The van der Waals surface area contributed by atoms with Crippen LogP contribution in [0.2, 0.25) is 0 Å². The Morgan fingerprint density at radius 2 is 1.66 bits per heavy atom. The number of nitrogens with two attached hydrogens (primary N) is 2. The third-order valence-electron chi connectivity index (χ3n) is 8.46. The summed E-state index contributed by atoms with van der Waals surface area (Å²) < 4.78 is 8.48. The standard InChI is InChI=1S/C31H26N2O2.C4H8.CH5N/c1-17-25(16-34)29-22-9-4-3-8-21(22)23-11-13-27(35-2)33-26-12-10-19(18-6-5-7-20(32)14-18)15-24(26)28(17)31(33)30(23)29;1-3-4-2;1-2/h3-10,12,14-16,23,27H,11,13,32H2,1-2H3;3-4H,1-2H3;2H2,1H3/b;4-3-;.